The smallest absolute Gasteiger partial charge is 0.198 e. The number of anilines is 1. The van der Waals surface area contributed by atoms with E-state index in [-0.39, 0.29) is 5.43 Å². The van der Waals surface area contributed by atoms with E-state index in [2.05, 4.69) is 20.9 Å². The lowest BCUT2D eigenvalue weighted by atomic mass is 10.4. The lowest BCUT2D eigenvalue weighted by molar-refractivity contribution is 1.17. The van der Waals surface area contributed by atoms with Crippen molar-refractivity contribution < 1.29 is 0 Å². The van der Waals surface area contributed by atoms with Gasteiger partial charge in [-0.3, -0.25) is 4.79 Å². The van der Waals surface area contributed by atoms with Gasteiger partial charge < -0.3 is 10.7 Å². The normalized spacial score (nSPS) is 9.80. The quantitative estimate of drug-likeness (QED) is 0.661. The number of aromatic amines is 1. The number of hydrogen-bond donors (Lipinski definition) is 2. The Balaban J connectivity index is 3.46. The highest BCUT2D eigenvalue weighted by molar-refractivity contribution is 9.10. The molecule has 0 atom stereocenters. The van der Waals surface area contributed by atoms with Crippen LogP contribution in [0.3, 0.4) is 0 Å². The number of nitrogen functional groups attached to an aromatic ring is 1. The van der Waals surface area contributed by atoms with Gasteiger partial charge in [-0.15, -0.1) is 0 Å². The van der Waals surface area contributed by atoms with Crippen molar-refractivity contribution >= 4 is 21.7 Å². The molecule has 0 saturated carbocycles. The van der Waals surface area contributed by atoms with E-state index >= 15 is 0 Å². The summed E-state index contributed by atoms with van der Waals surface area (Å²) in [5.74, 6) is 0.394. The summed E-state index contributed by atoms with van der Waals surface area (Å²) in [4.78, 5) is 13.7. The molecule has 1 rings (SSSR count). The molecule has 3 N–H and O–H groups in total. The monoisotopic (exact) mass is 202 g/mol. The molecule has 0 aliphatic heterocycles. The van der Waals surface area contributed by atoms with E-state index in [1.54, 1.807) is 6.92 Å². The van der Waals surface area contributed by atoms with Gasteiger partial charge in [-0.05, 0) is 22.9 Å². The molecule has 4 heteroatoms. The summed E-state index contributed by atoms with van der Waals surface area (Å²) in [6.07, 6.45) is 0. The van der Waals surface area contributed by atoms with Gasteiger partial charge >= 0.3 is 0 Å². The van der Waals surface area contributed by atoms with E-state index in [4.69, 9.17) is 5.73 Å². The largest absolute Gasteiger partial charge is 0.385 e. The van der Waals surface area contributed by atoms with Crippen LogP contribution < -0.4 is 11.2 Å². The van der Waals surface area contributed by atoms with Gasteiger partial charge in [0, 0.05) is 11.8 Å². The molecular formula is C6H7BrN2O. The second-order valence-corrected chi connectivity index (χ2v) is 2.82. The minimum absolute atomic E-state index is 0.0891. The summed E-state index contributed by atoms with van der Waals surface area (Å²) < 4.78 is 0.543. The summed E-state index contributed by atoms with van der Waals surface area (Å²) in [7, 11) is 0. The average Bonchev–Trinajstić information content (AvgIpc) is 1.82. The van der Waals surface area contributed by atoms with Crippen LogP contribution in [-0.4, -0.2) is 4.98 Å². The molecule has 0 amide bonds. The van der Waals surface area contributed by atoms with Crippen LogP contribution in [0.25, 0.3) is 0 Å². The van der Waals surface area contributed by atoms with E-state index in [1.807, 2.05) is 0 Å². The summed E-state index contributed by atoms with van der Waals surface area (Å²) in [6, 6.07) is 1.34. The highest BCUT2D eigenvalue weighted by Gasteiger charge is 1.98. The van der Waals surface area contributed by atoms with Crippen LogP contribution in [0.2, 0.25) is 0 Å². The Bertz CT molecular complexity index is 305. The number of hydrogen-bond acceptors (Lipinski definition) is 2. The Morgan fingerprint density at radius 2 is 2.30 bits per heavy atom. The molecule has 0 aliphatic carbocycles. The van der Waals surface area contributed by atoms with Crippen LogP contribution in [0, 0.1) is 6.92 Å². The van der Waals surface area contributed by atoms with E-state index in [0.717, 1.165) is 5.69 Å². The van der Waals surface area contributed by atoms with Crippen LogP contribution in [-0.2, 0) is 0 Å². The first-order valence-corrected chi connectivity index (χ1v) is 3.55. The molecule has 0 saturated heterocycles. The molecule has 0 fully saturated rings. The number of H-pyrrole nitrogens is 1. The van der Waals surface area contributed by atoms with Gasteiger partial charge in [0.25, 0.3) is 0 Å². The number of aryl methyl sites for hydroxylation is 1. The van der Waals surface area contributed by atoms with Gasteiger partial charge in [0.05, 0.1) is 4.47 Å². The maximum atomic E-state index is 10.9. The topological polar surface area (TPSA) is 58.9 Å². The van der Waals surface area contributed by atoms with Gasteiger partial charge in [-0.2, -0.15) is 0 Å². The van der Waals surface area contributed by atoms with Crippen molar-refractivity contribution in [3.8, 4) is 0 Å². The molecular weight excluding hydrogens is 196 g/mol. The Kier molecular flexibility index (Phi) is 1.80. The molecule has 1 heterocycles. The van der Waals surface area contributed by atoms with Gasteiger partial charge in [-0.1, -0.05) is 0 Å². The zero-order valence-electron chi connectivity index (χ0n) is 5.44. The number of nitrogens with two attached hydrogens (primary N) is 1. The minimum Gasteiger partial charge on any atom is -0.385 e. The second kappa shape index (κ2) is 2.46. The van der Waals surface area contributed by atoms with Gasteiger partial charge in [0.1, 0.15) is 5.82 Å². The SMILES string of the molecule is Cc1[nH]c(N)cc(=O)c1Br. The standard InChI is InChI=1S/C6H7BrN2O/c1-3-6(7)4(10)2-5(8)9-3/h2H,1H3,(H3,8,9,10). The van der Waals surface area contributed by atoms with Crippen molar-refractivity contribution in [3.05, 3.63) is 26.5 Å². The summed E-state index contributed by atoms with van der Waals surface area (Å²) in [5, 5.41) is 0. The second-order valence-electron chi connectivity index (χ2n) is 2.03. The summed E-state index contributed by atoms with van der Waals surface area (Å²) in [6.45, 7) is 1.78. The van der Waals surface area contributed by atoms with Crippen LogP contribution >= 0.6 is 15.9 Å². The maximum Gasteiger partial charge on any atom is 0.198 e. The molecule has 0 bridgehead atoms. The lowest BCUT2D eigenvalue weighted by Crippen LogP contribution is -2.06. The Morgan fingerprint density at radius 3 is 2.80 bits per heavy atom. The number of pyridine rings is 1. The first-order valence-electron chi connectivity index (χ1n) is 2.76. The molecule has 1 aromatic heterocycles. The highest BCUT2D eigenvalue weighted by Crippen LogP contribution is 2.08. The predicted octanol–water partition coefficient (Wildman–Crippen LogP) is 1.03. The third-order valence-corrected chi connectivity index (χ3v) is 2.15. The first kappa shape index (κ1) is 7.34. The molecule has 0 unspecified atom stereocenters. The molecule has 0 aliphatic rings. The van der Waals surface area contributed by atoms with E-state index in [1.165, 1.54) is 6.07 Å². The third-order valence-electron chi connectivity index (χ3n) is 1.16. The lowest BCUT2D eigenvalue weighted by Gasteiger charge is -1.97. The maximum absolute atomic E-state index is 10.9. The van der Waals surface area contributed by atoms with Crippen molar-refractivity contribution in [3.63, 3.8) is 0 Å². The number of aromatic nitrogens is 1. The Labute approximate surface area is 66.4 Å². The van der Waals surface area contributed by atoms with E-state index in [0.29, 0.717) is 10.3 Å². The van der Waals surface area contributed by atoms with Crippen molar-refractivity contribution in [2.24, 2.45) is 0 Å². The van der Waals surface area contributed by atoms with Crippen molar-refractivity contribution in [1.82, 2.24) is 4.98 Å². The fourth-order valence-corrected chi connectivity index (χ4v) is 0.910. The summed E-state index contributed by atoms with van der Waals surface area (Å²) >= 11 is 3.11. The molecule has 3 nitrogen and oxygen atoms in total. The van der Waals surface area contributed by atoms with Gasteiger partial charge in [-0.25, -0.2) is 0 Å². The van der Waals surface area contributed by atoms with Crippen molar-refractivity contribution in [1.29, 1.82) is 0 Å². The van der Waals surface area contributed by atoms with Gasteiger partial charge in [0.15, 0.2) is 5.43 Å². The van der Waals surface area contributed by atoms with Crippen molar-refractivity contribution in [2.75, 3.05) is 5.73 Å². The molecule has 10 heavy (non-hydrogen) atoms. The Morgan fingerprint density at radius 1 is 1.70 bits per heavy atom. The minimum atomic E-state index is -0.0891. The van der Waals surface area contributed by atoms with Gasteiger partial charge in [0.2, 0.25) is 0 Å². The molecule has 0 radical (unpaired) electrons. The first-order chi connectivity index (χ1) is 4.61. The molecule has 1 aromatic rings. The predicted molar refractivity (Wildman–Crippen MR) is 43.9 cm³/mol. The number of nitrogens with one attached hydrogen (secondary N) is 1. The van der Waals surface area contributed by atoms with Crippen molar-refractivity contribution in [2.45, 2.75) is 6.92 Å². The molecule has 54 valence electrons. The molecule has 0 aromatic carbocycles. The molecule has 0 spiro atoms. The zero-order chi connectivity index (χ0) is 7.72. The van der Waals surface area contributed by atoms with Crippen LogP contribution in [0.4, 0.5) is 5.82 Å². The van der Waals surface area contributed by atoms with Crippen LogP contribution in [0.15, 0.2) is 15.3 Å². The fourth-order valence-electron chi connectivity index (χ4n) is 0.697. The highest BCUT2D eigenvalue weighted by atomic mass is 79.9. The zero-order valence-corrected chi connectivity index (χ0v) is 7.03. The average molecular weight is 203 g/mol. The fraction of sp³-hybridized carbons (Fsp3) is 0.167. The van der Waals surface area contributed by atoms with E-state index < -0.39 is 0 Å². The third kappa shape index (κ3) is 1.21. The van der Waals surface area contributed by atoms with E-state index in [9.17, 15) is 4.79 Å². The Hall–Kier alpha value is -0.770. The van der Waals surface area contributed by atoms with Crippen LogP contribution in [0.1, 0.15) is 5.69 Å². The summed E-state index contributed by atoms with van der Waals surface area (Å²) in [5.41, 5.74) is 6.02. The van der Waals surface area contributed by atoms with Crippen LogP contribution in [0.5, 0.6) is 0 Å². The number of rotatable bonds is 0. The number of halogens is 1.